The van der Waals surface area contributed by atoms with Gasteiger partial charge in [-0.25, -0.2) is 0 Å². The second-order valence-corrected chi connectivity index (χ2v) is 11.8. The zero-order valence-corrected chi connectivity index (χ0v) is 21.4. The Morgan fingerprint density at radius 1 is 1.21 bits per heavy atom. The van der Waals surface area contributed by atoms with E-state index in [0.717, 1.165) is 25.8 Å². The zero-order valence-electron chi connectivity index (χ0n) is 15.5. The summed E-state index contributed by atoms with van der Waals surface area (Å²) < 4.78 is 43.1. The van der Waals surface area contributed by atoms with Crippen LogP contribution < -0.4 is 4.74 Å². The van der Waals surface area contributed by atoms with Crippen LogP contribution in [-0.4, -0.2) is 19.8 Å². The summed E-state index contributed by atoms with van der Waals surface area (Å²) in [5, 5.41) is 0.788. The van der Waals surface area contributed by atoms with E-state index >= 15 is 0 Å². The summed E-state index contributed by atoms with van der Waals surface area (Å²) in [6.45, 7) is 1.92. The number of benzene rings is 1. The van der Waals surface area contributed by atoms with E-state index in [1.54, 1.807) is 6.07 Å². The Balaban J connectivity index is 2.14. The zero-order chi connectivity index (χ0) is 20.7. The minimum absolute atomic E-state index is 0.0599. The topological polar surface area (TPSA) is 17.1 Å². The third kappa shape index (κ3) is 7.61. The van der Waals surface area contributed by atoms with Gasteiger partial charge in [-0.05, 0) is 31.7 Å². The van der Waals surface area contributed by atoms with Gasteiger partial charge in [-0.1, -0.05) is 88.1 Å². The lowest BCUT2D eigenvalue weighted by Crippen LogP contribution is -2.26. The van der Waals surface area contributed by atoms with Gasteiger partial charge in [0.1, 0.15) is 0 Å². The van der Waals surface area contributed by atoms with Gasteiger partial charge in [-0.3, -0.25) is 4.79 Å². The number of halogens is 5. The molecule has 1 aromatic heterocycles. The summed E-state index contributed by atoms with van der Waals surface area (Å²) in [5.74, 6) is -1.28. The van der Waals surface area contributed by atoms with E-state index in [1.807, 2.05) is 31.2 Å². The molecule has 1 heterocycles. The molecular weight excluding hydrogens is 631 g/mol. The predicted octanol–water partition coefficient (Wildman–Crippen LogP) is 8.11. The minimum Gasteiger partial charge on any atom is -0.278 e. The van der Waals surface area contributed by atoms with Crippen LogP contribution in [0.2, 0.25) is 0 Å². The van der Waals surface area contributed by atoms with Crippen molar-refractivity contribution in [2.24, 2.45) is 5.92 Å². The maximum Gasteiger partial charge on any atom is 0.391 e. The fraction of sp³-hybridized carbons (Fsp3) is 0.550. The van der Waals surface area contributed by atoms with Crippen molar-refractivity contribution in [2.45, 2.75) is 59.3 Å². The van der Waals surface area contributed by atoms with E-state index in [1.165, 1.54) is 23.1 Å². The van der Waals surface area contributed by atoms with Crippen LogP contribution in [0.4, 0.5) is 13.2 Å². The average Bonchev–Trinajstić information content (AvgIpc) is 2.65. The summed E-state index contributed by atoms with van der Waals surface area (Å²) in [4.78, 5) is 12.8. The SMILES string of the molecule is CCC(CC(CCCC(I)CI)C(F)(F)F)Sc1cc(=O)sc2ccccc12. The highest BCUT2D eigenvalue weighted by molar-refractivity contribution is 14.1. The van der Waals surface area contributed by atoms with Crippen LogP contribution in [0.25, 0.3) is 10.1 Å². The second kappa shape index (κ2) is 11.7. The molecule has 0 radical (unpaired) electrons. The molecule has 0 saturated heterocycles. The first kappa shape index (κ1) is 24.7. The van der Waals surface area contributed by atoms with Gasteiger partial charge in [0.15, 0.2) is 0 Å². The Labute approximate surface area is 199 Å². The number of hydrogen-bond acceptors (Lipinski definition) is 3. The van der Waals surface area contributed by atoms with E-state index in [9.17, 15) is 18.0 Å². The number of fused-ring (bicyclic) bond motifs is 1. The smallest absolute Gasteiger partial charge is 0.278 e. The van der Waals surface area contributed by atoms with Gasteiger partial charge in [0.25, 0.3) is 0 Å². The Hall–Kier alpha value is 0.450. The van der Waals surface area contributed by atoms with Crippen molar-refractivity contribution in [1.82, 2.24) is 0 Å². The quantitative estimate of drug-likeness (QED) is 0.146. The van der Waals surface area contributed by atoms with Crippen molar-refractivity contribution in [3.63, 3.8) is 0 Å². The molecule has 156 valence electrons. The molecule has 0 aliphatic heterocycles. The summed E-state index contributed by atoms with van der Waals surface area (Å²) >= 11 is 7.19. The van der Waals surface area contributed by atoms with Crippen molar-refractivity contribution in [1.29, 1.82) is 0 Å². The highest BCUT2D eigenvalue weighted by Gasteiger charge is 2.40. The van der Waals surface area contributed by atoms with E-state index in [0.29, 0.717) is 16.8 Å². The predicted molar refractivity (Wildman–Crippen MR) is 133 cm³/mol. The van der Waals surface area contributed by atoms with Gasteiger partial charge in [-0.15, -0.1) is 11.8 Å². The van der Waals surface area contributed by atoms with Gasteiger partial charge in [-0.2, -0.15) is 13.2 Å². The van der Waals surface area contributed by atoms with Crippen LogP contribution in [0.3, 0.4) is 0 Å². The molecule has 0 saturated carbocycles. The van der Waals surface area contributed by atoms with E-state index < -0.39 is 12.1 Å². The third-order valence-corrected chi connectivity index (χ3v) is 10.8. The maximum absolute atomic E-state index is 13.6. The molecule has 0 aliphatic rings. The van der Waals surface area contributed by atoms with Gasteiger partial charge < -0.3 is 0 Å². The normalized spacial score (nSPS) is 15.5. The maximum atomic E-state index is 13.6. The van der Waals surface area contributed by atoms with Gasteiger partial charge in [0.2, 0.25) is 4.74 Å². The fourth-order valence-electron chi connectivity index (χ4n) is 3.05. The molecule has 0 bridgehead atoms. The van der Waals surface area contributed by atoms with Gasteiger partial charge >= 0.3 is 6.18 Å². The van der Waals surface area contributed by atoms with E-state index in [-0.39, 0.29) is 22.8 Å². The first-order chi connectivity index (χ1) is 13.2. The van der Waals surface area contributed by atoms with Crippen LogP contribution >= 0.6 is 68.3 Å². The summed E-state index contributed by atoms with van der Waals surface area (Å²) in [6, 6.07) is 9.17. The van der Waals surface area contributed by atoms with Crippen molar-refractivity contribution in [3.8, 4) is 0 Å². The lowest BCUT2D eigenvalue weighted by Gasteiger charge is -2.25. The number of thioether (sulfide) groups is 1. The van der Waals surface area contributed by atoms with Crippen LogP contribution in [0.5, 0.6) is 0 Å². The molecule has 1 nitrogen and oxygen atoms in total. The molecule has 2 aromatic rings. The molecule has 0 N–H and O–H groups in total. The molecule has 3 unspecified atom stereocenters. The van der Waals surface area contributed by atoms with Crippen LogP contribution in [-0.2, 0) is 0 Å². The van der Waals surface area contributed by atoms with Crippen molar-refractivity contribution in [3.05, 3.63) is 39.9 Å². The Morgan fingerprint density at radius 2 is 1.93 bits per heavy atom. The summed E-state index contributed by atoms with van der Waals surface area (Å²) in [6.07, 6.45) is -1.83. The molecule has 0 fully saturated rings. The summed E-state index contributed by atoms with van der Waals surface area (Å²) in [7, 11) is 0. The van der Waals surface area contributed by atoms with Crippen molar-refractivity contribution < 1.29 is 13.2 Å². The molecule has 0 aliphatic carbocycles. The first-order valence-corrected chi connectivity index (χ1v) is 13.7. The molecule has 0 amide bonds. The number of rotatable bonds is 10. The van der Waals surface area contributed by atoms with E-state index in [2.05, 4.69) is 45.2 Å². The number of alkyl halides is 5. The Bertz CT molecular complexity index is 810. The molecule has 8 heteroatoms. The molecule has 0 spiro atoms. The van der Waals surface area contributed by atoms with Gasteiger partial charge in [0, 0.05) is 34.7 Å². The highest BCUT2D eigenvalue weighted by Crippen LogP contribution is 2.40. The lowest BCUT2D eigenvalue weighted by molar-refractivity contribution is -0.178. The van der Waals surface area contributed by atoms with Crippen molar-refractivity contribution >= 4 is 78.4 Å². The molecule has 1 aromatic carbocycles. The molecular formula is C20H23F3I2OS2. The molecule has 28 heavy (non-hydrogen) atoms. The molecule has 2 rings (SSSR count). The Kier molecular flexibility index (Phi) is 10.4. The lowest BCUT2D eigenvalue weighted by atomic mass is 9.95. The molecule has 3 atom stereocenters. The Morgan fingerprint density at radius 3 is 2.57 bits per heavy atom. The van der Waals surface area contributed by atoms with Crippen LogP contribution in [0, 0.1) is 5.92 Å². The third-order valence-electron chi connectivity index (χ3n) is 4.61. The average molecular weight is 654 g/mol. The monoisotopic (exact) mass is 654 g/mol. The van der Waals surface area contributed by atoms with Crippen LogP contribution in [0.15, 0.2) is 40.0 Å². The van der Waals surface area contributed by atoms with Crippen molar-refractivity contribution in [2.75, 3.05) is 4.43 Å². The number of hydrogen-bond donors (Lipinski definition) is 0. The second-order valence-electron chi connectivity index (χ2n) is 6.73. The van der Waals surface area contributed by atoms with Crippen LogP contribution in [0.1, 0.15) is 39.0 Å². The highest BCUT2D eigenvalue weighted by atomic mass is 127. The van der Waals surface area contributed by atoms with Gasteiger partial charge in [0.05, 0.1) is 5.92 Å². The standard InChI is InChI=1S/C20H23F3I2OS2/c1-2-15(10-13(20(21,22)23)6-5-7-14(25)12-24)27-18-11-19(26)28-17-9-4-3-8-16(17)18/h3-4,8-9,11,13-15H,2,5-7,10,12H2,1H3. The minimum atomic E-state index is -4.18. The fourth-order valence-corrected chi connectivity index (χ4v) is 6.23. The largest absolute Gasteiger partial charge is 0.391 e. The first-order valence-electron chi connectivity index (χ1n) is 9.20. The summed E-state index contributed by atoms with van der Waals surface area (Å²) in [5.41, 5.74) is 0. The van der Waals surface area contributed by atoms with E-state index in [4.69, 9.17) is 0 Å².